The van der Waals surface area contributed by atoms with Crippen LogP contribution in [0.1, 0.15) is 24.0 Å². The van der Waals surface area contributed by atoms with Gasteiger partial charge in [0.1, 0.15) is 5.58 Å². The lowest BCUT2D eigenvalue weighted by Gasteiger charge is -2.16. The average Bonchev–Trinajstić information content (AvgIpc) is 2.44. The van der Waals surface area contributed by atoms with Crippen LogP contribution in [-0.4, -0.2) is 13.0 Å². The Morgan fingerprint density at radius 2 is 1.90 bits per heavy atom. The molecular formula is C13H13NO6S. The van der Waals surface area contributed by atoms with Crippen LogP contribution >= 0.6 is 0 Å². The molecule has 0 bridgehead atoms. The Kier molecular flexibility index (Phi) is 3.44. The summed E-state index contributed by atoms with van der Waals surface area (Å²) in [5.74, 6) is 0.110. The maximum atomic E-state index is 11.9. The molecule has 2 N–H and O–H groups in total. The molecule has 0 fully saturated rings. The first-order chi connectivity index (χ1) is 9.94. The summed E-state index contributed by atoms with van der Waals surface area (Å²) in [6.07, 6.45) is 3.54. The van der Waals surface area contributed by atoms with Crippen molar-refractivity contribution in [1.82, 2.24) is 4.89 Å². The molecule has 0 unspecified atom stereocenters. The van der Waals surface area contributed by atoms with Gasteiger partial charge in [-0.1, -0.05) is 0 Å². The second-order valence-corrected chi connectivity index (χ2v) is 5.99. The lowest BCUT2D eigenvalue weighted by Crippen LogP contribution is -2.26. The summed E-state index contributed by atoms with van der Waals surface area (Å²) in [5, 5.41) is 0.823. The minimum Gasteiger partial charge on any atom is -0.422 e. The van der Waals surface area contributed by atoms with Crippen molar-refractivity contribution in [2.45, 2.75) is 25.7 Å². The summed E-state index contributed by atoms with van der Waals surface area (Å²) in [6, 6.07) is 4.66. The van der Waals surface area contributed by atoms with Crippen molar-refractivity contribution in [1.29, 1.82) is 0 Å². The van der Waals surface area contributed by atoms with Crippen molar-refractivity contribution in [2.24, 2.45) is 0 Å². The molecule has 3 rings (SSSR count). The van der Waals surface area contributed by atoms with E-state index in [0.29, 0.717) is 5.58 Å². The fourth-order valence-corrected chi connectivity index (χ4v) is 2.79. The molecule has 0 aliphatic heterocycles. The zero-order chi connectivity index (χ0) is 15.0. The molecule has 7 nitrogen and oxygen atoms in total. The minimum absolute atomic E-state index is 0.110. The van der Waals surface area contributed by atoms with Gasteiger partial charge in [-0.2, -0.15) is 8.42 Å². The highest BCUT2D eigenvalue weighted by Gasteiger charge is 2.18. The molecule has 0 spiro atoms. The van der Waals surface area contributed by atoms with Gasteiger partial charge in [0.25, 0.3) is 0 Å². The SMILES string of the molecule is O=c1oc2cc(ONS(=O)(=O)O)ccc2c2c1CCCC2. The lowest BCUT2D eigenvalue weighted by atomic mass is 9.91. The molecule has 1 aromatic carbocycles. The predicted octanol–water partition coefficient (Wildman–Crippen LogP) is 1.36. The Hall–Kier alpha value is -1.90. The van der Waals surface area contributed by atoms with Crippen LogP contribution in [0.2, 0.25) is 0 Å². The monoisotopic (exact) mass is 311 g/mol. The molecule has 1 heterocycles. The Morgan fingerprint density at radius 1 is 1.19 bits per heavy atom. The Morgan fingerprint density at radius 3 is 2.62 bits per heavy atom. The number of nitrogens with one attached hydrogen (secondary N) is 1. The third-order valence-corrected chi connectivity index (χ3v) is 3.75. The zero-order valence-corrected chi connectivity index (χ0v) is 11.8. The standard InChI is InChI=1S/C13H13NO6S/c15-13-11-4-2-1-3-9(11)10-6-5-8(7-12(10)19-13)20-14-21(16,17)18/h5-7,14H,1-4H2,(H,16,17,18). The maximum Gasteiger partial charge on any atom is 0.364 e. The summed E-state index contributed by atoms with van der Waals surface area (Å²) in [6.45, 7) is 0. The first kappa shape index (κ1) is 14.1. The molecule has 1 aliphatic rings. The second kappa shape index (κ2) is 5.14. The highest BCUT2D eigenvalue weighted by atomic mass is 32.2. The van der Waals surface area contributed by atoms with Gasteiger partial charge in [-0.05, 0) is 48.3 Å². The van der Waals surface area contributed by atoms with Crippen molar-refractivity contribution in [3.05, 3.63) is 39.7 Å². The summed E-state index contributed by atoms with van der Waals surface area (Å²) in [7, 11) is -4.46. The van der Waals surface area contributed by atoms with Gasteiger partial charge in [0.05, 0.1) is 0 Å². The van der Waals surface area contributed by atoms with Crippen LogP contribution in [0.4, 0.5) is 0 Å². The van der Waals surface area contributed by atoms with Crippen LogP contribution in [0.25, 0.3) is 11.0 Å². The van der Waals surface area contributed by atoms with Crippen LogP contribution < -0.4 is 15.3 Å². The largest absolute Gasteiger partial charge is 0.422 e. The van der Waals surface area contributed by atoms with Crippen molar-refractivity contribution in [3.8, 4) is 5.75 Å². The van der Waals surface area contributed by atoms with Crippen molar-refractivity contribution >= 4 is 21.3 Å². The number of hydrogen-bond acceptors (Lipinski definition) is 5. The highest BCUT2D eigenvalue weighted by molar-refractivity contribution is 7.83. The van der Waals surface area contributed by atoms with E-state index in [1.807, 2.05) is 0 Å². The van der Waals surface area contributed by atoms with Gasteiger partial charge in [-0.25, -0.2) is 4.79 Å². The van der Waals surface area contributed by atoms with E-state index in [2.05, 4.69) is 0 Å². The molecule has 0 saturated heterocycles. The van der Waals surface area contributed by atoms with Crippen LogP contribution in [-0.2, 0) is 23.1 Å². The fraction of sp³-hybridized carbons (Fsp3) is 0.308. The van der Waals surface area contributed by atoms with Gasteiger partial charge in [0, 0.05) is 17.0 Å². The van der Waals surface area contributed by atoms with E-state index in [-0.39, 0.29) is 11.4 Å². The van der Waals surface area contributed by atoms with Crippen molar-refractivity contribution in [3.63, 3.8) is 0 Å². The van der Waals surface area contributed by atoms with E-state index < -0.39 is 10.3 Å². The van der Waals surface area contributed by atoms with E-state index in [0.717, 1.165) is 42.2 Å². The lowest BCUT2D eigenvalue weighted by molar-refractivity contribution is 0.251. The van der Waals surface area contributed by atoms with Gasteiger partial charge in [0.15, 0.2) is 5.75 Å². The van der Waals surface area contributed by atoms with Crippen LogP contribution in [0.3, 0.4) is 0 Å². The highest BCUT2D eigenvalue weighted by Crippen LogP contribution is 2.28. The molecule has 112 valence electrons. The summed E-state index contributed by atoms with van der Waals surface area (Å²) >= 11 is 0. The molecular weight excluding hydrogens is 298 g/mol. The Balaban J connectivity index is 2.05. The van der Waals surface area contributed by atoms with Gasteiger partial charge in [-0.3, -0.25) is 4.55 Å². The molecule has 0 saturated carbocycles. The van der Waals surface area contributed by atoms with E-state index >= 15 is 0 Å². The third kappa shape index (κ3) is 2.92. The average molecular weight is 311 g/mol. The molecule has 0 amide bonds. The quantitative estimate of drug-likeness (QED) is 0.503. The molecule has 0 radical (unpaired) electrons. The van der Waals surface area contributed by atoms with E-state index in [4.69, 9.17) is 13.8 Å². The summed E-state index contributed by atoms with van der Waals surface area (Å²) in [4.78, 5) is 18.1. The molecule has 1 aromatic heterocycles. The normalized spacial score (nSPS) is 14.9. The topological polar surface area (TPSA) is 106 Å². The first-order valence-corrected chi connectivity index (χ1v) is 7.88. The molecule has 2 aromatic rings. The summed E-state index contributed by atoms with van der Waals surface area (Å²) in [5.41, 5.74) is 1.67. The number of hydrogen-bond donors (Lipinski definition) is 2. The van der Waals surface area contributed by atoms with Gasteiger partial charge >= 0.3 is 15.9 Å². The number of benzene rings is 1. The van der Waals surface area contributed by atoms with Crippen molar-refractivity contribution in [2.75, 3.05) is 0 Å². The second-order valence-electron chi connectivity index (χ2n) is 4.87. The van der Waals surface area contributed by atoms with Crippen LogP contribution in [0.15, 0.2) is 27.4 Å². The first-order valence-electron chi connectivity index (χ1n) is 6.44. The molecule has 1 aliphatic carbocycles. The predicted molar refractivity (Wildman–Crippen MR) is 74.4 cm³/mol. The molecule has 0 atom stereocenters. The van der Waals surface area contributed by atoms with E-state index in [1.54, 1.807) is 6.07 Å². The number of aryl methyl sites for hydroxylation is 1. The fourth-order valence-electron chi connectivity index (χ4n) is 2.59. The van der Waals surface area contributed by atoms with Crippen LogP contribution in [0, 0.1) is 0 Å². The third-order valence-electron chi connectivity index (χ3n) is 3.46. The smallest absolute Gasteiger partial charge is 0.364 e. The maximum absolute atomic E-state index is 11.9. The van der Waals surface area contributed by atoms with E-state index in [1.165, 1.54) is 17.0 Å². The number of rotatable bonds is 3. The zero-order valence-electron chi connectivity index (χ0n) is 11.0. The van der Waals surface area contributed by atoms with Gasteiger partial charge in [-0.15, -0.1) is 0 Å². The summed E-state index contributed by atoms with van der Waals surface area (Å²) < 4.78 is 34.9. The Bertz CT molecular complexity index is 855. The van der Waals surface area contributed by atoms with Gasteiger partial charge in [0.2, 0.25) is 0 Å². The van der Waals surface area contributed by atoms with Crippen LogP contribution in [0.5, 0.6) is 5.75 Å². The number of fused-ring (bicyclic) bond motifs is 3. The van der Waals surface area contributed by atoms with Crippen molar-refractivity contribution < 1.29 is 22.2 Å². The molecule has 8 heteroatoms. The van der Waals surface area contributed by atoms with E-state index in [9.17, 15) is 13.2 Å². The molecule has 21 heavy (non-hydrogen) atoms. The Labute approximate surface area is 120 Å². The minimum atomic E-state index is -4.46. The van der Waals surface area contributed by atoms with Gasteiger partial charge < -0.3 is 9.25 Å².